The SMILES string of the molecule is C[C@@H](Oc1c(F)c(F)cc(F)c1F)C(=O)Nc1ccc(N2CCOCC2)cc1. The fourth-order valence-corrected chi connectivity index (χ4v) is 2.71. The highest BCUT2D eigenvalue weighted by Gasteiger charge is 2.25. The molecule has 1 atom stereocenters. The molecule has 0 saturated carbocycles. The second-order valence-electron chi connectivity index (χ2n) is 6.19. The van der Waals surface area contributed by atoms with E-state index in [9.17, 15) is 22.4 Å². The van der Waals surface area contributed by atoms with Gasteiger partial charge in [-0.25, -0.2) is 8.78 Å². The fourth-order valence-electron chi connectivity index (χ4n) is 2.71. The third-order valence-electron chi connectivity index (χ3n) is 4.25. The lowest BCUT2D eigenvalue weighted by atomic mass is 10.2. The molecule has 1 aliphatic rings. The van der Waals surface area contributed by atoms with Gasteiger partial charge in [-0.1, -0.05) is 0 Å². The highest BCUT2D eigenvalue weighted by Crippen LogP contribution is 2.27. The third-order valence-corrected chi connectivity index (χ3v) is 4.25. The number of anilines is 2. The molecular formula is C19H18F4N2O3. The Labute approximate surface area is 158 Å². The lowest BCUT2D eigenvalue weighted by Crippen LogP contribution is -2.36. The van der Waals surface area contributed by atoms with Gasteiger partial charge in [-0.15, -0.1) is 0 Å². The van der Waals surface area contributed by atoms with Crippen molar-refractivity contribution in [2.45, 2.75) is 13.0 Å². The molecule has 0 bridgehead atoms. The van der Waals surface area contributed by atoms with E-state index in [1.54, 1.807) is 12.1 Å². The Morgan fingerprint density at radius 3 is 2.21 bits per heavy atom. The first-order chi connectivity index (χ1) is 13.4. The Morgan fingerprint density at radius 2 is 1.64 bits per heavy atom. The monoisotopic (exact) mass is 398 g/mol. The Kier molecular flexibility index (Phi) is 6.03. The fraction of sp³-hybridized carbons (Fsp3) is 0.316. The number of rotatable bonds is 5. The summed E-state index contributed by atoms with van der Waals surface area (Å²) in [7, 11) is 0. The number of nitrogens with zero attached hydrogens (tertiary/aromatic N) is 1. The van der Waals surface area contributed by atoms with E-state index in [4.69, 9.17) is 9.47 Å². The normalized spacial score (nSPS) is 15.2. The van der Waals surface area contributed by atoms with Crippen LogP contribution in [-0.2, 0) is 9.53 Å². The average Bonchev–Trinajstić information content (AvgIpc) is 2.70. The molecule has 1 amide bonds. The van der Waals surface area contributed by atoms with Crippen LogP contribution in [0.4, 0.5) is 28.9 Å². The van der Waals surface area contributed by atoms with Gasteiger partial charge < -0.3 is 19.7 Å². The van der Waals surface area contributed by atoms with E-state index < -0.39 is 41.0 Å². The van der Waals surface area contributed by atoms with Crippen molar-refractivity contribution in [3.8, 4) is 5.75 Å². The number of hydrogen-bond donors (Lipinski definition) is 1. The van der Waals surface area contributed by atoms with Gasteiger partial charge in [0, 0.05) is 30.5 Å². The Morgan fingerprint density at radius 1 is 1.07 bits per heavy atom. The van der Waals surface area contributed by atoms with Gasteiger partial charge in [-0.05, 0) is 31.2 Å². The van der Waals surface area contributed by atoms with E-state index in [1.807, 2.05) is 12.1 Å². The smallest absolute Gasteiger partial charge is 0.265 e. The van der Waals surface area contributed by atoms with Crippen molar-refractivity contribution in [2.24, 2.45) is 0 Å². The second-order valence-corrected chi connectivity index (χ2v) is 6.19. The number of ether oxygens (including phenoxy) is 2. The van der Waals surface area contributed by atoms with Gasteiger partial charge in [-0.2, -0.15) is 8.78 Å². The number of morpholine rings is 1. The van der Waals surface area contributed by atoms with E-state index in [0.717, 1.165) is 18.8 Å². The number of benzene rings is 2. The van der Waals surface area contributed by atoms with Crippen LogP contribution in [0.25, 0.3) is 0 Å². The summed E-state index contributed by atoms with van der Waals surface area (Å²) >= 11 is 0. The summed E-state index contributed by atoms with van der Waals surface area (Å²) in [4.78, 5) is 14.3. The minimum atomic E-state index is -1.70. The van der Waals surface area contributed by atoms with Crippen LogP contribution in [-0.4, -0.2) is 38.3 Å². The topological polar surface area (TPSA) is 50.8 Å². The summed E-state index contributed by atoms with van der Waals surface area (Å²) in [5, 5.41) is 2.52. The van der Waals surface area contributed by atoms with Gasteiger partial charge in [0.15, 0.2) is 23.5 Å². The standard InChI is InChI=1S/C19H18F4N2O3/c1-11(28-18-16(22)14(20)10-15(21)17(18)23)19(26)24-12-2-4-13(5-3-12)25-6-8-27-9-7-25/h2-5,10-11H,6-9H2,1H3,(H,24,26)/t11-/m1/s1. The van der Waals surface area contributed by atoms with E-state index in [1.165, 1.54) is 6.92 Å². The van der Waals surface area contributed by atoms with Crippen LogP contribution in [0.15, 0.2) is 30.3 Å². The molecule has 0 radical (unpaired) electrons. The molecule has 1 fully saturated rings. The number of carbonyl (C=O) groups is 1. The largest absolute Gasteiger partial charge is 0.475 e. The number of amides is 1. The average molecular weight is 398 g/mol. The van der Waals surface area contributed by atoms with E-state index in [0.29, 0.717) is 18.9 Å². The molecule has 28 heavy (non-hydrogen) atoms. The number of carbonyl (C=O) groups excluding carboxylic acids is 1. The second kappa shape index (κ2) is 8.47. The Balaban J connectivity index is 1.65. The molecule has 1 heterocycles. The first-order valence-corrected chi connectivity index (χ1v) is 8.60. The zero-order chi connectivity index (χ0) is 20.3. The molecule has 0 spiro atoms. The van der Waals surface area contributed by atoms with Crippen LogP contribution in [0.1, 0.15) is 6.92 Å². The molecule has 150 valence electrons. The lowest BCUT2D eigenvalue weighted by Gasteiger charge is -2.29. The van der Waals surface area contributed by atoms with Crippen molar-refractivity contribution < 1.29 is 31.8 Å². The predicted octanol–water partition coefficient (Wildman–Crippen LogP) is 3.49. The minimum Gasteiger partial charge on any atom is -0.475 e. The van der Waals surface area contributed by atoms with Gasteiger partial charge in [-0.3, -0.25) is 4.79 Å². The van der Waals surface area contributed by atoms with Crippen molar-refractivity contribution in [3.63, 3.8) is 0 Å². The van der Waals surface area contributed by atoms with E-state index in [2.05, 4.69) is 10.2 Å². The predicted molar refractivity (Wildman–Crippen MR) is 94.5 cm³/mol. The van der Waals surface area contributed by atoms with Crippen LogP contribution in [0.2, 0.25) is 0 Å². The first kappa shape index (κ1) is 19.9. The third kappa shape index (κ3) is 4.36. The molecule has 1 saturated heterocycles. The molecule has 0 aromatic heterocycles. The minimum absolute atomic E-state index is 0.0677. The molecule has 2 aromatic carbocycles. The maximum Gasteiger partial charge on any atom is 0.265 e. The summed E-state index contributed by atoms with van der Waals surface area (Å²) in [5.41, 5.74) is 1.40. The van der Waals surface area contributed by atoms with Crippen molar-refractivity contribution in [1.29, 1.82) is 0 Å². The molecule has 2 aromatic rings. The van der Waals surface area contributed by atoms with Gasteiger partial charge in [0.2, 0.25) is 11.6 Å². The van der Waals surface area contributed by atoms with Crippen LogP contribution in [0, 0.1) is 23.3 Å². The summed E-state index contributed by atoms with van der Waals surface area (Å²) < 4.78 is 63.9. The van der Waals surface area contributed by atoms with Crippen molar-refractivity contribution in [1.82, 2.24) is 0 Å². The van der Waals surface area contributed by atoms with Gasteiger partial charge >= 0.3 is 0 Å². The highest BCUT2D eigenvalue weighted by atomic mass is 19.2. The Hall–Kier alpha value is -2.81. The van der Waals surface area contributed by atoms with Crippen molar-refractivity contribution in [3.05, 3.63) is 53.6 Å². The molecule has 9 heteroatoms. The van der Waals surface area contributed by atoms with Gasteiger partial charge in [0.25, 0.3) is 5.91 Å². The first-order valence-electron chi connectivity index (χ1n) is 8.60. The summed E-state index contributed by atoms with van der Waals surface area (Å²) in [5.74, 6) is -8.63. The maximum absolute atomic E-state index is 13.7. The molecule has 3 rings (SSSR count). The highest BCUT2D eigenvalue weighted by molar-refractivity contribution is 5.94. The molecule has 0 aliphatic carbocycles. The lowest BCUT2D eigenvalue weighted by molar-refractivity contribution is -0.122. The molecule has 1 N–H and O–H groups in total. The molecule has 1 aliphatic heterocycles. The van der Waals surface area contributed by atoms with E-state index in [-0.39, 0.29) is 6.07 Å². The zero-order valence-corrected chi connectivity index (χ0v) is 15.0. The van der Waals surface area contributed by atoms with Crippen LogP contribution < -0.4 is 15.0 Å². The van der Waals surface area contributed by atoms with Crippen LogP contribution >= 0.6 is 0 Å². The van der Waals surface area contributed by atoms with E-state index >= 15 is 0 Å². The van der Waals surface area contributed by atoms with Crippen LogP contribution in [0.5, 0.6) is 5.75 Å². The summed E-state index contributed by atoms with van der Waals surface area (Å²) in [6.07, 6.45) is -1.40. The Bertz CT molecular complexity index is 829. The van der Waals surface area contributed by atoms with Gasteiger partial charge in [0.1, 0.15) is 0 Å². The molecule has 5 nitrogen and oxygen atoms in total. The summed E-state index contributed by atoms with van der Waals surface area (Å²) in [6, 6.07) is 7.02. The quantitative estimate of drug-likeness (QED) is 0.619. The zero-order valence-electron chi connectivity index (χ0n) is 15.0. The van der Waals surface area contributed by atoms with Crippen molar-refractivity contribution >= 4 is 17.3 Å². The molecule has 0 unspecified atom stereocenters. The molecular weight excluding hydrogens is 380 g/mol. The van der Waals surface area contributed by atoms with Gasteiger partial charge in [0.05, 0.1) is 13.2 Å². The number of halogens is 4. The number of nitrogens with one attached hydrogen (secondary N) is 1. The maximum atomic E-state index is 13.7. The van der Waals surface area contributed by atoms with Crippen LogP contribution in [0.3, 0.4) is 0 Å². The summed E-state index contributed by atoms with van der Waals surface area (Å²) in [6.45, 7) is 4.01. The van der Waals surface area contributed by atoms with Crippen molar-refractivity contribution in [2.75, 3.05) is 36.5 Å². The number of hydrogen-bond acceptors (Lipinski definition) is 4.